The molecule has 0 amide bonds. The van der Waals surface area contributed by atoms with E-state index in [0.717, 1.165) is 16.5 Å². The van der Waals surface area contributed by atoms with Crippen LogP contribution < -0.4 is 5.32 Å². The van der Waals surface area contributed by atoms with E-state index >= 15 is 0 Å². The van der Waals surface area contributed by atoms with E-state index < -0.39 is 0 Å². The van der Waals surface area contributed by atoms with Gasteiger partial charge in [0.2, 0.25) is 0 Å². The van der Waals surface area contributed by atoms with E-state index in [1.807, 2.05) is 30.3 Å². The van der Waals surface area contributed by atoms with Crippen LogP contribution in [0.4, 0.5) is 0 Å². The quantitative estimate of drug-likeness (QED) is 0.834. The van der Waals surface area contributed by atoms with Crippen LogP contribution in [0.1, 0.15) is 12.5 Å². The zero-order valence-corrected chi connectivity index (χ0v) is 10.5. The summed E-state index contributed by atoms with van der Waals surface area (Å²) in [6.07, 6.45) is 1.78. The van der Waals surface area contributed by atoms with Gasteiger partial charge in [-0.15, -0.1) is 0 Å². The Labute approximate surface area is 106 Å². The monoisotopic (exact) mass is 244 g/mol. The largest absolute Gasteiger partial charge is 0.468 e. The minimum absolute atomic E-state index is 0.256. The Morgan fingerprint density at radius 3 is 2.94 bits per heavy atom. The van der Waals surface area contributed by atoms with Crippen molar-refractivity contribution >= 4 is 16.9 Å². The van der Waals surface area contributed by atoms with Crippen molar-refractivity contribution in [3.8, 4) is 0 Å². The molecule has 2 rings (SSSR count). The minimum atomic E-state index is -0.318. The number of methoxy groups -OCH3 is 1. The Kier molecular flexibility index (Phi) is 3.89. The van der Waals surface area contributed by atoms with Crippen molar-refractivity contribution in [2.24, 2.45) is 0 Å². The van der Waals surface area contributed by atoms with Gasteiger partial charge in [0, 0.05) is 18.1 Å². The highest BCUT2D eigenvalue weighted by molar-refractivity contribution is 5.82. The SMILES string of the molecule is COC(=O)[C@H](C)NCc1ccnc2ccccc12. The number of para-hydroxylation sites is 1. The highest BCUT2D eigenvalue weighted by atomic mass is 16.5. The smallest absolute Gasteiger partial charge is 0.322 e. The van der Waals surface area contributed by atoms with Gasteiger partial charge in [0.25, 0.3) is 0 Å². The minimum Gasteiger partial charge on any atom is -0.468 e. The van der Waals surface area contributed by atoms with Crippen LogP contribution in [0.25, 0.3) is 10.9 Å². The maximum absolute atomic E-state index is 11.3. The second-order valence-corrected chi connectivity index (χ2v) is 4.11. The van der Waals surface area contributed by atoms with Gasteiger partial charge in [-0.2, -0.15) is 0 Å². The van der Waals surface area contributed by atoms with Crippen molar-refractivity contribution in [3.63, 3.8) is 0 Å². The zero-order valence-electron chi connectivity index (χ0n) is 10.5. The molecule has 1 atom stereocenters. The number of benzene rings is 1. The molecule has 0 unspecified atom stereocenters. The summed E-state index contributed by atoms with van der Waals surface area (Å²) in [7, 11) is 1.39. The Morgan fingerprint density at radius 1 is 1.39 bits per heavy atom. The third-order valence-corrected chi connectivity index (χ3v) is 2.89. The molecule has 1 aromatic carbocycles. The number of fused-ring (bicyclic) bond motifs is 1. The van der Waals surface area contributed by atoms with Crippen molar-refractivity contribution in [1.82, 2.24) is 10.3 Å². The molecule has 0 aliphatic rings. The van der Waals surface area contributed by atoms with Gasteiger partial charge in [-0.3, -0.25) is 9.78 Å². The van der Waals surface area contributed by atoms with Gasteiger partial charge in [0.1, 0.15) is 6.04 Å². The van der Waals surface area contributed by atoms with Gasteiger partial charge in [-0.25, -0.2) is 0 Å². The number of aromatic nitrogens is 1. The van der Waals surface area contributed by atoms with Crippen LogP contribution >= 0.6 is 0 Å². The fraction of sp³-hybridized carbons (Fsp3) is 0.286. The Bertz CT molecular complexity index is 549. The van der Waals surface area contributed by atoms with Crippen LogP contribution in [-0.2, 0) is 16.1 Å². The Balaban J connectivity index is 2.15. The molecule has 1 aromatic heterocycles. The maximum atomic E-state index is 11.3. The van der Waals surface area contributed by atoms with E-state index in [0.29, 0.717) is 6.54 Å². The molecule has 0 radical (unpaired) electrons. The van der Waals surface area contributed by atoms with Crippen LogP contribution in [0.2, 0.25) is 0 Å². The van der Waals surface area contributed by atoms with E-state index in [1.54, 1.807) is 13.1 Å². The number of carbonyl (C=O) groups excluding carboxylic acids is 1. The third-order valence-electron chi connectivity index (χ3n) is 2.89. The molecule has 1 N–H and O–H groups in total. The first-order chi connectivity index (χ1) is 8.72. The van der Waals surface area contributed by atoms with E-state index in [1.165, 1.54) is 7.11 Å². The molecule has 18 heavy (non-hydrogen) atoms. The normalized spacial score (nSPS) is 12.3. The lowest BCUT2D eigenvalue weighted by atomic mass is 10.1. The lowest BCUT2D eigenvalue weighted by Crippen LogP contribution is -2.34. The molecule has 2 aromatic rings. The highest BCUT2D eigenvalue weighted by Gasteiger charge is 2.12. The van der Waals surface area contributed by atoms with Gasteiger partial charge in [0.15, 0.2) is 0 Å². The summed E-state index contributed by atoms with van der Waals surface area (Å²) in [6.45, 7) is 2.40. The number of hydrogen-bond acceptors (Lipinski definition) is 4. The maximum Gasteiger partial charge on any atom is 0.322 e. The number of ether oxygens (including phenoxy) is 1. The van der Waals surface area contributed by atoms with Crippen LogP contribution in [-0.4, -0.2) is 24.1 Å². The average molecular weight is 244 g/mol. The summed E-state index contributed by atoms with van der Waals surface area (Å²) in [5, 5.41) is 4.24. The molecular formula is C14H16N2O2. The van der Waals surface area contributed by atoms with Crippen LogP contribution in [0.15, 0.2) is 36.5 Å². The molecule has 0 fully saturated rings. The van der Waals surface area contributed by atoms with Crippen LogP contribution in [0.5, 0.6) is 0 Å². The Morgan fingerprint density at radius 2 is 2.17 bits per heavy atom. The summed E-state index contributed by atoms with van der Waals surface area (Å²) >= 11 is 0. The van der Waals surface area contributed by atoms with Crippen LogP contribution in [0, 0.1) is 0 Å². The molecule has 4 heteroatoms. The molecule has 0 spiro atoms. The summed E-state index contributed by atoms with van der Waals surface area (Å²) in [5.41, 5.74) is 2.08. The predicted octanol–water partition coefficient (Wildman–Crippen LogP) is 1.89. The molecule has 0 saturated heterocycles. The van der Waals surface area contributed by atoms with E-state index in [-0.39, 0.29) is 12.0 Å². The number of esters is 1. The lowest BCUT2D eigenvalue weighted by Gasteiger charge is -2.12. The number of nitrogens with one attached hydrogen (secondary N) is 1. The number of rotatable bonds is 4. The molecule has 1 heterocycles. The molecule has 94 valence electrons. The van der Waals surface area contributed by atoms with Crippen molar-refractivity contribution < 1.29 is 9.53 Å². The molecule has 4 nitrogen and oxygen atoms in total. The topological polar surface area (TPSA) is 51.2 Å². The molecule has 0 saturated carbocycles. The molecular weight excluding hydrogens is 228 g/mol. The van der Waals surface area contributed by atoms with Crippen molar-refractivity contribution in [2.45, 2.75) is 19.5 Å². The number of nitrogens with zero attached hydrogens (tertiary/aromatic N) is 1. The van der Waals surface area contributed by atoms with Crippen molar-refractivity contribution in [1.29, 1.82) is 0 Å². The van der Waals surface area contributed by atoms with Gasteiger partial charge in [-0.1, -0.05) is 18.2 Å². The summed E-state index contributed by atoms with van der Waals surface area (Å²) in [4.78, 5) is 15.6. The highest BCUT2D eigenvalue weighted by Crippen LogP contribution is 2.15. The first-order valence-corrected chi connectivity index (χ1v) is 5.86. The second-order valence-electron chi connectivity index (χ2n) is 4.11. The molecule has 0 aliphatic heterocycles. The van der Waals surface area contributed by atoms with Gasteiger partial charge >= 0.3 is 5.97 Å². The summed E-state index contributed by atoms with van der Waals surface area (Å²) in [6, 6.07) is 9.59. The van der Waals surface area contributed by atoms with Crippen LogP contribution in [0.3, 0.4) is 0 Å². The first-order valence-electron chi connectivity index (χ1n) is 5.86. The number of pyridine rings is 1. The van der Waals surface area contributed by atoms with Gasteiger partial charge < -0.3 is 10.1 Å². The van der Waals surface area contributed by atoms with E-state index in [4.69, 9.17) is 0 Å². The third kappa shape index (κ3) is 2.65. The fourth-order valence-corrected chi connectivity index (χ4v) is 1.83. The van der Waals surface area contributed by atoms with Gasteiger partial charge in [-0.05, 0) is 24.6 Å². The van der Waals surface area contributed by atoms with E-state index in [2.05, 4.69) is 15.0 Å². The molecule has 0 aliphatic carbocycles. The predicted molar refractivity (Wildman–Crippen MR) is 70.1 cm³/mol. The standard InChI is InChI=1S/C14H16N2O2/c1-10(14(17)18-2)16-9-11-7-8-15-13-6-4-3-5-12(11)13/h3-8,10,16H,9H2,1-2H3/t10-/m0/s1. The number of hydrogen-bond donors (Lipinski definition) is 1. The Hall–Kier alpha value is -1.94. The van der Waals surface area contributed by atoms with E-state index in [9.17, 15) is 4.79 Å². The zero-order chi connectivity index (χ0) is 13.0. The van der Waals surface area contributed by atoms with Gasteiger partial charge in [0.05, 0.1) is 12.6 Å². The molecule has 0 bridgehead atoms. The first kappa shape index (κ1) is 12.5. The number of carbonyl (C=O) groups is 1. The average Bonchev–Trinajstić information content (AvgIpc) is 2.43. The second kappa shape index (κ2) is 5.60. The lowest BCUT2D eigenvalue weighted by molar-refractivity contribution is -0.142. The van der Waals surface area contributed by atoms with Crippen molar-refractivity contribution in [3.05, 3.63) is 42.1 Å². The van der Waals surface area contributed by atoms with Crippen molar-refractivity contribution in [2.75, 3.05) is 7.11 Å². The summed E-state index contributed by atoms with van der Waals surface area (Å²) in [5.74, 6) is -0.256. The fourth-order valence-electron chi connectivity index (χ4n) is 1.83. The summed E-state index contributed by atoms with van der Waals surface area (Å²) < 4.78 is 4.67.